The zero-order valence-electron chi connectivity index (χ0n) is 9.84. The Kier molecular flexibility index (Phi) is 6.08. The SMILES string of the molecule is Cl.NCC1CN(C(=O)c2ccc(Br)cc2)CCO1. The van der Waals surface area contributed by atoms with Gasteiger partial charge in [0.05, 0.1) is 12.7 Å². The number of morpholine rings is 1. The predicted octanol–water partition coefficient (Wildman–Crippen LogP) is 1.67. The third-order valence-corrected chi connectivity index (χ3v) is 3.31. The molecule has 0 aromatic heterocycles. The highest BCUT2D eigenvalue weighted by Gasteiger charge is 2.23. The van der Waals surface area contributed by atoms with Crippen molar-refractivity contribution in [1.29, 1.82) is 0 Å². The van der Waals surface area contributed by atoms with Crippen LogP contribution in [0.5, 0.6) is 0 Å². The Labute approximate surface area is 121 Å². The van der Waals surface area contributed by atoms with Gasteiger partial charge >= 0.3 is 0 Å². The number of benzene rings is 1. The zero-order valence-corrected chi connectivity index (χ0v) is 12.2. The van der Waals surface area contributed by atoms with Crippen molar-refractivity contribution >= 4 is 34.2 Å². The van der Waals surface area contributed by atoms with Crippen molar-refractivity contribution in [1.82, 2.24) is 4.90 Å². The molecule has 1 aliphatic rings. The summed E-state index contributed by atoms with van der Waals surface area (Å²) in [5.74, 6) is 0.0410. The average Bonchev–Trinajstić information content (AvgIpc) is 2.39. The van der Waals surface area contributed by atoms with Crippen molar-refractivity contribution in [3.8, 4) is 0 Å². The molecule has 0 aliphatic carbocycles. The standard InChI is InChI=1S/C12H15BrN2O2.ClH/c13-10-3-1-9(2-4-10)12(16)15-5-6-17-11(7-14)8-15;/h1-4,11H,5-8,14H2;1H. The van der Waals surface area contributed by atoms with E-state index in [2.05, 4.69) is 15.9 Å². The minimum absolute atomic E-state index is 0. The van der Waals surface area contributed by atoms with Crippen molar-refractivity contribution in [3.63, 3.8) is 0 Å². The number of hydrogen-bond acceptors (Lipinski definition) is 3. The van der Waals surface area contributed by atoms with Gasteiger partial charge in [-0.25, -0.2) is 0 Å². The van der Waals surface area contributed by atoms with Gasteiger partial charge in [-0.05, 0) is 24.3 Å². The highest BCUT2D eigenvalue weighted by atomic mass is 79.9. The molecule has 0 bridgehead atoms. The van der Waals surface area contributed by atoms with E-state index in [1.807, 2.05) is 24.3 Å². The topological polar surface area (TPSA) is 55.6 Å². The van der Waals surface area contributed by atoms with Gasteiger partial charge in [0.1, 0.15) is 0 Å². The fourth-order valence-corrected chi connectivity index (χ4v) is 2.09. The van der Waals surface area contributed by atoms with E-state index < -0.39 is 0 Å². The van der Waals surface area contributed by atoms with Crippen molar-refractivity contribution in [2.45, 2.75) is 6.10 Å². The van der Waals surface area contributed by atoms with Crippen LogP contribution in [0.2, 0.25) is 0 Å². The second kappa shape index (κ2) is 7.09. The third-order valence-electron chi connectivity index (χ3n) is 2.78. The van der Waals surface area contributed by atoms with Crippen LogP contribution in [0.3, 0.4) is 0 Å². The minimum Gasteiger partial charge on any atom is -0.373 e. The van der Waals surface area contributed by atoms with Crippen LogP contribution >= 0.6 is 28.3 Å². The maximum absolute atomic E-state index is 12.2. The van der Waals surface area contributed by atoms with Crippen LogP contribution in [0.25, 0.3) is 0 Å². The summed E-state index contributed by atoms with van der Waals surface area (Å²) in [6, 6.07) is 7.38. The quantitative estimate of drug-likeness (QED) is 0.894. The minimum atomic E-state index is -0.0388. The van der Waals surface area contributed by atoms with Crippen LogP contribution < -0.4 is 5.73 Å². The summed E-state index contributed by atoms with van der Waals surface area (Å²) in [7, 11) is 0. The van der Waals surface area contributed by atoms with E-state index in [1.165, 1.54) is 0 Å². The fourth-order valence-electron chi connectivity index (χ4n) is 1.82. The molecule has 1 aliphatic heterocycles. The average molecular weight is 336 g/mol. The molecule has 18 heavy (non-hydrogen) atoms. The molecular formula is C12H16BrClN2O2. The number of nitrogens with zero attached hydrogens (tertiary/aromatic N) is 1. The number of ether oxygens (including phenoxy) is 1. The molecule has 1 heterocycles. The van der Waals surface area contributed by atoms with Crippen molar-refractivity contribution in [3.05, 3.63) is 34.3 Å². The number of carbonyl (C=O) groups excluding carboxylic acids is 1. The van der Waals surface area contributed by atoms with Crippen molar-refractivity contribution < 1.29 is 9.53 Å². The van der Waals surface area contributed by atoms with Gasteiger partial charge in [-0.3, -0.25) is 4.79 Å². The summed E-state index contributed by atoms with van der Waals surface area (Å²) < 4.78 is 6.40. The smallest absolute Gasteiger partial charge is 0.254 e. The van der Waals surface area contributed by atoms with E-state index in [4.69, 9.17) is 10.5 Å². The van der Waals surface area contributed by atoms with Gasteiger partial charge in [-0.2, -0.15) is 0 Å². The largest absolute Gasteiger partial charge is 0.373 e. The van der Waals surface area contributed by atoms with Crippen molar-refractivity contribution in [2.75, 3.05) is 26.2 Å². The first-order valence-corrected chi connectivity index (χ1v) is 6.36. The number of halogens is 2. The molecule has 0 saturated carbocycles. The van der Waals surface area contributed by atoms with E-state index in [0.29, 0.717) is 31.8 Å². The summed E-state index contributed by atoms with van der Waals surface area (Å²) in [6.45, 7) is 2.21. The Hall–Kier alpha value is -0.620. The summed E-state index contributed by atoms with van der Waals surface area (Å²) in [4.78, 5) is 14.0. The maximum atomic E-state index is 12.2. The van der Waals surface area contributed by atoms with Crippen LogP contribution in [0.4, 0.5) is 0 Å². The second-order valence-electron chi connectivity index (χ2n) is 3.99. The highest BCUT2D eigenvalue weighted by Crippen LogP contribution is 2.14. The molecule has 1 amide bonds. The Morgan fingerprint density at radius 2 is 2.11 bits per heavy atom. The molecule has 1 aromatic rings. The lowest BCUT2D eigenvalue weighted by molar-refractivity contribution is -0.0167. The molecule has 6 heteroatoms. The van der Waals surface area contributed by atoms with Crippen LogP contribution in [-0.4, -0.2) is 43.2 Å². The molecule has 1 fully saturated rings. The van der Waals surface area contributed by atoms with Gasteiger partial charge in [0.15, 0.2) is 0 Å². The first-order chi connectivity index (χ1) is 8.20. The van der Waals surface area contributed by atoms with Gasteiger partial charge < -0.3 is 15.4 Å². The van der Waals surface area contributed by atoms with E-state index in [0.717, 1.165) is 4.47 Å². The molecule has 1 atom stereocenters. The molecule has 2 rings (SSSR count). The van der Waals surface area contributed by atoms with Crippen LogP contribution in [0.15, 0.2) is 28.7 Å². The van der Waals surface area contributed by atoms with E-state index in [-0.39, 0.29) is 24.4 Å². The third kappa shape index (κ3) is 3.68. The predicted molar refractivity (Wildman–Crippen MR) is 76.1 cm³/mol. The molecular weight excluding hydrogens is 320 g/mol. The van der Waals surface area contributed by atoms with Gasteiger partial charge in [0.2, 0.25) is 0 Å². The Balaban J connectivity index is 0.00000162. The van der Waals surface area contributed by atoms with E-state index >= 15 is 0 Å². The molecule has 0 radical (unpaired) electrons. The van der Waals surface area contributed by atoms with Gasteiger partial charge in [-0.1, -0.05) is 15.9 Å². The molecule has 1 saturated heterocycles. The fraction of sp³-hybridized carbons (Fsp3) is 0.417. The number of amides is 1. The molecule has 0 spiro atoms. The normalized spacial score (nSPS) is 19.2. The van der Waals surface area contributed by atoms with Gasteiger partial charge in [0, 0.05) is 29.7 Å². The highest BCUT2D eigenvalue weighted by molar-refractivity contribution is 9.10. The first kappa shape index (κ1) is 15.4. The number of hydrogen-bond donors (Lipinski definition) is 1. The summed E-state index contributed by atoms with van der Waals surface area (Å²) >= 11 is 3.35. The number of rotatable bonds is 2. The van der Waals surface area contributed by atoms with Crippen LogP contribution in [0, 0.1) is 0 Å². The lowest BCUT2D eigenvalue weighted by Gasteiger charge is -2.32. The number of nitrogens with two attached hydrogens (primary N) is 1. The molecule has 1 unspecified atom stereocenters. The first-order valence-electron chi connectivity index (χ1n) is 5.57. The molecule has 2 N–H and O–H groups in total. The summed E-state index contributed by atoms with van der Waals surface area (Å²) in [5.41, 5.74) is 6.25. The summed E-state index contributed by atoms with van der Waals surface area (Å²) in [5, 5.41) is 0. The Bertz CT molecular complexity index is 400. The van der Waals surface area contributed by atoms with E-state index in [1.54, 1.807) is 4.90 Å². The Morgan fingerprint density at radius 1 is 1.44 bits per heavy atom. The molecule has 4 nitrogen and oxygen atoms in total. The lowest BCUT2D eigenvalue weighted by atomic mass is 10.1. The molecule has 1 aromatic carbocycles. The van der Waals surface area contributed by atoms with E-state index in [9.17, 15) is 4.79 Å². The van der Waals surface area contributed by atoms with Crippen LogP contribution in [-0.2, 0) is 4.74 Å². The summed E-state index contributed by atoms with van der Waals surface area (Å²) in [6.07, 6.45) is -0.0388. The monoisotopic (exact) mass is 334 g/mol. The maximum Gasteiger partial charge on any atom is 0.254 e. The van der Waals surface area contributed by atoms with Crippen molar-refractivity contribution in [2.24, 2.45) is 5.73 Å². The zero-order chi connectivity index (χ0) is 12.3. The second-order valence-corrected chi connectivity index (χ2v) is 4.90. The Morgan fingerprint density at radius 3 is 2.72 bits per heavy atom. The number of carbonyl (C=O) groups is 1. The van der Waals surface area contributed by atoms with Gasteiger partial charge in [-0.15, -0.1) is 12.4 Å². The molecule has 100 valence electrons. The van der Waals surface area contributed by atoms with Crippen LogP contribution in [0.1, 0.15) is 10.4 Å². The van der Waals surface area contributed by atoms with Gasteiger partial charge in [0.25, 0.3) is 5.91 Å². The lowest BCUT2D eigenvalue weighted by Crippen LogP contribution is -2.48.